The largest absolute Gasteiger partial charge is 0.392 e. The molecule has 0 rings (SSSR count). The third-order valence-electron chi connectivity index (χ3n) is 1.33. The molecule has 0 saturated heterocycles. The van der Waals surface area contributed by atoms with Crippen LogP contribution in [0.15, 0.2) is 25.3 Å². The van der Waals surface area contributed by atoms with Gasteiger partial charge in [-0.3, -0.25) is 0 Å². The molecular formula is C8H16O2Si. The van der Waals surface area contributed by atoms with E-state index in [1.807, 2.05) is 13.8 Å². The van der Waals surface area contributed by atoms with Crippen molar-refractivity contribution in [2.75, 3.05) is 0 Å². The van der Waals surface area contributed by atoms with E-state index in [4.69, 9.17) is 8.85 Å². The van der Waals surface area contributed by atoms with Crippen LogP contribution in [0.25, 0.3) is 0 Å². The van der Waals surface area contributed by atoms with Gasteiger partial charge in [-0.1, -0.05) is 12.2 Å². The first-order valence-electron chi connectivity index (χ1n) is 3.69. The lowest BCUT2D eigenvalue weighted by atomic mass is 10.4. The summed E-state index contributed by atoms with van der Waals surface area (Å²) in [7, 11) is -0.848. The molecule has 0 radical (unpaired) electrons. The van der Waals surface area contributed by atoms with E-state index in [9.17, 15) is 0 Å². The molecule has 0 aliphatic carbocycles. The van der Waals surface area contributed by atoms with Gasteiger partial charge >= 0.3 is 10.0 Å². The number of hydrogen-bond acceptors (Lipinski definition) is 2. The van der Waals surface area contributed by atoms with Crippen molar-refractivity contribution in [2.24, 2.45) is 0 Å². The smallest absolute Gasteiger partial charge is 0.305 e. The van der Waals surface area contributed by atoms with Crippen LogP contribution in [0.4, 0.5) is 0 Å². The average Bonchev–Trinajstić information content (AvgIpc) is 2.04. The topological polar surface area (TPSA) is 18.5 Å². The molecule has 0 aromatic carbocycles. The summed E-state index contributed by atoms with van der Waals surface area (Å²) in [5.74, 6) is 0. The molecule has 0 aromatic heterocycles. The minimum absolute atomic E-state index is 0.110. The Balaban J connectivity index is 3.26. The minimum Gasteiger partial charge on any atom is -0.392 e. The maximum Gasteiger partial charge on any atom is 0.305 e. The second kappa shape index (κ2) is 6.33. The third kappa shape index (κ3) is 6.03. The highest BCUT2D eigenvalue weighted by atomic mass is 28.3. The Morgan fingerprint density at radius 3 is 1.73 bits per heavy atom. The zero-order valence-electron chi connectivity index (χ0n) is 7.25. The van der Waals surface area contributed by atoms with Gasteiger partial charge in [-0.25, -0.2) is 0 Å². The molecule has 0 N–H and O–H groups in total. The van der Waals surface area contributed by atoms with Gasteiger partial charge in [0.05, 0.1) is 12.2 Å². The Morgan fingerprint density at radius 2 is 1.45 bits per heavy atom. The molecule has 2 unspecified atom stereocenters. The van der Waals surface area contributed by atoms with Crippen molar-refractivity contribution < 1.29 is 8.85 Å². The Kier molecular flexibility index (Phi) is 6.11. The van der Waals surface area contributed by atoms with E-state index in [-0.39, 0.29) is 12.2 Å². The van der Waals surface area contributed by atoms with Crippen LogP contribution in [-0.4, -0.2) is 22.2 Å². The van der Waals surface area contributed by atoms with Gasteiger partial charge in [-0.15, -0.1) is 13.2 Å². The van der Waals surface area contributed by atoms with E-state index < -0.39 is 10.0 Å². The molecule has 3 heteroatoms. The highest BCUT2D eigenvalue weighted by molar-refractivity contribution is 6.18. The quantitative estimate of drug-likeness (QED) is 0.442. The molecule has 0 aromatic rings. The van der Waals surface area contributed by atoms with Gasteiger partial charge in [0.2, 0.25) is 0 Å². The SMILES string of the molecule is C=CC(C)O[SiH2]OC(C)C=C. The summed E-state index contributed by atoms with van der Waals surface area (Å²) in [5, 5.41) is 0. The van der Waals surface area contributed by atoms with E-state index >= 15 is 0 Å². The Hall–Kier alpha value is -0.383. The van der Waals surface area contributed by atoms with Gasteiger partial charge < -0.3 is 8.85 Å². The zero-order valence-corrected chi connectivity index (χ0v) is 8.66. The van der Waals surface area contributed by atoms with Crippen molar-refractivity contribution in [3.05, 3.63) is 25.3 Å². The molecule has 0 aliphatic rings. The number of hydrogen-bond donors (Lipinski definition) is 0. The average molecular weight is 172 g/mol. The molecule has 0 bridgehead atoms. The molecule has 0 heterocycles. The van der Waals surface area contributed by atoms with Crippen LogP contribution < -0.4 is 0 Å². The second-order valence-electron chi connectivity index (χ2n) is 2.33. The summed E-state index contributed by atoms with van der Waals surface area (Å²) < 4.78 is 10.6. The van der Waals surface area contributed by atoms with Gasteiger partial charge in [0.1, 0.15) is 0 Å². The highest BCUT2D eigenvalue weighted by Gasteiger charge is 1.98. The summed E-state index contributed by atoms with van der Waals surface area (Å²) in [6.07, 6.45) is 3.74. The van der Waals surface area contributed by atoms with Crippen molar-refractivity contribution in [2.45, 2.75) is 26.1 Å². The predicted octanol–water partition coefficient (Wildman–Crippen LogP) is 1.17. The molecular weight excluding hydrogens is 156 g/mol. The molecule has 0 fully saturated rings. The molecule has 11 heavy (non-hydrogen) atoms. The summed E-state index contributed by atoms with van der Waals surface area (Å²) in [6.45, 7) is 11.1. The summed E-state index contributed by atoms with van der Waals surface area (Å²) >= 11 is 0. The van der Waals surface area contributed by atoms with Crippen LogP contribution in [0.2, 0.25) is 0 Å². The summed E-state index contributed by atoms with van der Waals surface area (Å²) in [5.41, 5.74) is 0. The molecule has 0 spiro atoms. The van der Waals surface area contributed by atoms with E-state index in [0.717, 1.165) is 0 Å². The Labute approximate surface area is 71.0 Å². The molecule has 0 amide bonds. The molecule has 2 atom stereocenters. The van der Waals surface area contributed by atoms with Crippen molar-refractivity contribution in [3.63, 3.8) is 0 Å². The van der Waals surface area contributed by atoms with Crippen LogP contribution in [-0.2, 0) is 8.85 Å². The lowest BCUT2D eigenvalue weighted by Gasteiger charge is -2.11. The van der Waals surface area contributed by atoms with Crippen molar-refractivity contribution >= 4 is 10.0 Å². The van der Waals surface area contributed by atoms with Gasteiger partial charge in [0, 0.05) is 0 Å². The normalized spacial score (nSPS) is 16.5. The summed E-state index contributed by atoms with van der Waals surface area (Å²) in [6, 6.07) is 0. The molecule has 2 nitrogen and oxygen atoms in total. The maximum absolute atomic E-state index is 5.31. The van der Waals surface area contributed by atoms with E-state index in [1.165, 1.54) is 0 Å². The Morgan fingerprint density at radius 1 is 1.09 bits per heavy atom. The lowest BCUT2D eigenvalue weighted by molar-refractivity contribution is 0.176. The van der Waals surface area contributed by atoms with Gasteiger partial charge in [-0.05, 0) is 13.8 Å². The first-order valence-corrected chi connectivity index (χ1v) is 4.84. The third-order valence-corrected chi connectivity index (χ3v) is 2.65. The van der Waals surface area contributed by atoms with Gasteiger partial charge in [0.25, 0.3) is 0 Å². The Bertz CT molecular complexity index is 111. The molecule has 0 aliphatic heterocycles. The lowest BCUT2D eigenvalue weighted by Crippen LogP contribution is -2.16. The van der Waals surface area contributed by atoms with E-state index in [2.05, 4.69) is 13.2 Å². The summed E-state index contributed by atoms with van der Waals surface area (Å²) in [4.78, 5) is 0. The van der Waals surface area contributed by atoms with Crippen molar-refractivity contribution in [1.29, 1.82) is 0 Å². The molecule has 64 valence electrons. The highest BCUT2D eigenvalue weighted by Crippen LogP contribution is 1.93. The van der Waals surface area contributed by atoms with Crippen molar-refractivity contribution in [1.82, 2.24) is 0 Å². The van der Waals surface area contributed by atoms with Crippen LogP contribution in [0.3, 0.4) is 0 Å². The van der Waals surface area contributed by atoms with Crippen LogP contribution >= 0.6 is 0 Å². The monoisotopic (exact) mass is 172 g/mol. The minimum atomic E-state index is -0.848. The second-order valence-corrected chi connectivity index (χ2v) is 3.24. The zero-order chi connectivity index (χ0) is 8.69. The van der Waals surface area contributed by atoms with Gasteiger partial charge in [0.15, 0.2) is 0 Å². The van der Waals surface area contributed by atoms with E-state index in [1.54, 1.807) is 12.2 Å². The number of rotatable bonds is 6. The maximum atomic E-state index is 5.31. The van der Waals surface area contributed by atoms with Crippen LogP contribution in [0.5, 0.6) is 0 Å². The predicted molar refractivity (Wildman–Crippen MR) is 50.0 cm³/mol. The van der Waals surface area contributed by atoms with E-state index in [0.29, 0.717) is 0 Å². The fourth-order valence-electron chi connectivity index (χ4n) is 0.390. The fourth-order valence-corrected chi connectivity index (χ4v) is 1.17. The fraction of sp³-hybridized carbons (Fsp3) is 0.500. The van der Waals surface area contributed by atoms with Crippen molar-refractivity contribution in [3.8, 4) is 0 Å². The first kappa shape index (κ1) is 10.6. The van der Waals surface area contributed by atoms with Crippen LogP contribution in [0, 0.1) is 0 Å². The first-order chi connectivity index (χ1) is 5.20. The van der Waals surface area contributed by atoms with Gasteiger partial charge in [-0.2, -0.15) is 0 Å². The standard InChI is InChI=1S/C8H16O2Si/c1-5-7(3)9-11-10-8(4)6-2/h5-8H,1-2,11H2,3-4H3. The van der Waals surface area contributed by atoms with Crippen LogP contribution in [0.1, 0.15) is 13.8 Å². The molecule has 0 saturated carbocycles.